The van der Waals surface area contributed by atoms with Crippen LogP contribution in [0.3, 0.4) is 0 Å². The van der Waals surface area contributed by atoms with Gasteiger partial charge in [0.2, 0.25) is 10.0 Å². The maximum absolute atomic E-state index is 12.0. The number of aryl methyl sites for hydroxylation is 1. The Morgan fingerprint density at radius 3 is 2.74 bits per heavy atom. The number of benzene rings is 1. The second-order valence-electron chi connectivity index (χ2n) is 4.31. The highest BCUT2D eigenvalue weighted by atomic mass is 32.2. The van der Waals surface area contributed by atoms with E-state index in [1.165, 1.54) is 19.2 Å². The normalized spacial score (nSPS) is 13.4. The van der Waals surface area contributed by atoms with Crippen molar-refractivity contribution in [2.24, 2.45) is 0 Å². The molecule has 0 saturated carbocycles. The molecule has 1 aromatic carbocycles. The molecule has 1 rings (SSSR count). The summed E-state index contributed by atoms with van der Waals surface area (Å²) in [6.45, 7) is 2.08. The number of nitrogens with one attached hydrogen (secondary N) is 1. The van der Waals surface area contributed by atoms with E-state index < -0.39 is 16.1 Å². The van der Waals surface area contributed by atoms with Crippen molar-refractivity contribution < 1.29 is 18.3 Å². The van der Waals surface area contributed by atoms with Crippen LogP contribution in [0.25, 0.3) is 0 Å². The number of hydrogen-bond donors (Lipinski definition) is 3. The Kier molecular flexibility index (Phi) is 5.74. The molecule has 7 heteroatoms. The lowest BCUT2D eigenvalue weighted by Gasteiger charge is -2.11. The topological polar surface area (TPSA) is 102 Å². The third-order valence-electron chi connectivity index (χ3n) is 2.68. The molecule has 1 aromatic rings. The second kappa shape index (κ2) is 6.85. The summed E-state index contributed by atoms with van der Waals surface area (Å²) in [4.78, 5) is 0.167. The lowest BCUT2D eigenvalue weighted by atomic mass is 10.2. The number of rotatable bonds is 7. The number of nitrogen functional groups attached to an aromatic ring is 1. The van der Waals surface area contributed by atoms with Crippen LogP contribution in [-0.4, -0.2) is 39.9 Å². The van der Waals surface area contributed by atoms with Crippen molar-refractivity contribution in [2.75, 3.05) is 26.0 Å². The van der Waals surface area contributed by atoms with Gasteiger partial charge in [-0.1, -0.05) is 0 Å². The molecule has 4 N–H and O–H groups in total. The van der Waals surface area contributed by atoms with Crippen LogP contribution in [0, 0.1) is 6.92 Å². The molecule has 0 amide bonds. The van der Waals surface area contributed by atoms with Crippen LogP contribution >= 0.6 is 0 Å². The quantitative estimate of drug-likeness (QED) is 0.624. The molecule has 0 aromatic heterocycles. The van der Waals surface area contributed by atoms with E-state index in [0.717, 1.165) is 0 Å². The van der Waals surface area contributed by atoms with E-state index in [-0.39, 0.29) is 18.0 Å². The van der Waals surface area contributed by atoms with Crippen molar-refractivity contribution in [1.29, 1.82) is 0 Å². The second-order valence-corrected chi connectivity index (χ2v) is 6.08. The van der Waals surface area contributed by atoms with Crippen LogP contribution < -0.4 is 10.5 Å². The van der Waals surface area contributed by atoms with Crippen molar-refractivity contribution in [2.45, 2.75) is 24.3 Å². The lowest BCUT2D eigenvalue weighted by molar-refractivity contribution is 0.0603. The van der Waals surface area contributed by atoms with Gasteiger partial charge in [-0.15, -0.1) is 0 Å². The molecule has 1 atom stereocenters. The predicted octanol–water partition coefficient (Wildman–Crippen LogP) is 0.253. The summed E-state index contributed by atoms with van der Waals surface area (Å²) in [5.74, 6) is 0. The predicted molar refractivity (Wildman–Crippen MR) is 73.3 cm³/mol. The molecule has 0 aliphatic rings. The first kappa shape index (κ1) is 15.9. The van der Waals surface area contributed by atoms with Crippen LogP contribution in [0.1, 0.15) is 12.0 Å². The molecular formula is C12H20N2O4S. The Bertz CT molecular complexity index is 516. The first-order chi connectivity index (χ1) is 8.86. The van der Waals surface area contributed by atoms with Crippen LogP contribution in [0.4, 0.5) is 5.69 Å². The number of nitrogens with two attached hydrogens (primary N) is 1. The fourth-order valence-electron chi connectivity index (χ4n) is 1.53. The standard InChI is InChI=1S/C12H20N2O4S/c1-9-7-11(3-4-12(9)13)19(16,17)14-6-5-10(15)8-18-2/h3-4,7,10,14-15H,5-6,8,13H2,1-2H3. The van der Waals surface area contributed by atoms with Crippen LogP contribution in [-0.2, 0) is 14.8 Å². The Morgan fingerprint density at radius 2 is 2.16 bits per heavy atom. The molecule has 6 nitrogen and oxygen atoms in total. The number of aliphatic hydroxyl groups is 1. The first-order valence-electron chi connectivity index (χ1n) is 5.89. The van der Waals surface area contributed by atoms with Crippen LogP contribution in [0.15, 0.2) is 23.1 Å². The Morgan fingerprint density at radius 1 is 1.47 bits per heavy atom. The summed E-state index contributed by atoms with van der Waals surface area (Å²) in [7, 11) is -2.09. The molecule has 19 heavy (non-hydrogen) atoms. The highest BCUT2D eigenvalue weighted by Crippen LogP contribution is 2.16. The van der Waals surface area contributed by atoms with Crippen molar-refractivity contribution in [3.05, 3.63) is 23.8 Å². The number of hydrogen-bond acceptors (Lipinski definition) is 5. The van der Waals surface area contributed by atoms with E-state index in [2.05, 4.69) is 4.72 Å². The van der Waals surface area contributed by atoms with Crippen LogP contribution in [0.5, 0.6) is 0 Å². The third-order valence-corrected chi connectivity index (χ3v) is 4.14. The highest BCUT2D eigenvalue weighted by Gasteiger charge is 2.15. The summed E-state index contributed by atoms with van der Waals surface area (Å²) < 4.78 is 31.1. The number of sulfonamides is 1. The van der Waals surface area contributed by atoms with Crippen molar-refractivity contribution >= 4 is 15.7 Å². The maximum atomic E-state index is 12.0. The van der Waals surface area contributed by atoms with Gasteiger partial charge in [-0.2, -0.15) is 0 Å². The van der Waals surface area contributed by atoms with Gasteiger partial charge in [0, 0.05) is 19.3 Å². The summed E-state index contributed by atoms with van der Waals surface area (Å²) in [6.07, 6.45) is -0.387. The molecular weight excluding hydrogens is 268 g/mol. The molecule has 0 bridgehead atoms. The van der Waals surface area contributed by atoms with E-state index in [0.29, 0.717) is 17.7 Å². The number of methoxy groups -OCH3 is 1. The van der Waals surface area contributed by atoms with Gasteiger partial charge < -0.3 is 15.6 Å². The number of ether oxygens (including phenoxy) is 1. The third kappa shape index (κ3) is 4.79. The van der Waals surface area contributed by atoms with Gasteiger partial charge in [0.15, 0.2) is 0 Å². The Balaban J connectivity index is 2.63. The minimum Gasteiger partial charge on any atom is -0.399 e. The molecule has 0 fully saturated rings. The smallest absolute Gasteiger partial charge is 0.240 e. The van der Waals surface area contributed by atoms with Gasteiger partial charge in [0.25, 0.3) is 0 Å². The van der Waals surface area contributed by atoms with E-state index in [1.807, 2.05) is 0 Å². The van der Waals surface area contributed by atoms with E-state index in [9.17, 15) is 13.5 Å². The summed E-state index contributed by atoms with van der Waals surface area (Å²) in [5, 5.41) is 9.42. The van der Waals surface area contributed by atoms with Gasteiger partial charge >= 0.3 is 0 Å². The average molecular weight is 288 g/mol. The van der Waals surface area contributed by atoms with Gasteiger partial charge in [-0.25, -0.2) is 13.1 Å². The molecule has 0 heterocycles. The molecule has 0 aliphatic carbocycles. The molecule has 0 aliphatic heterocycles. The van der Waals surface area contributed by atoms with E-state index >= 15 is 0 Å². The first-order valence-corrected chi connectivity index (χ1v) is 7.38. The van der Waals surface area contributed by atoms with Crippen molar-refractivity contribution in [1.82, 2.24) is 4.72 Å². The Hall–Kier alpha value is -1.15. The van der Waals surface area contributed by atoms with E-state index in [4.69, 9.17) is 10.5 Å². The molecule has 108 valence electrons. The molecule has 0 saturated heterocycles. The van der Waals surface area contributed by atoms with Crippen molar-refractivity contribution in [3.8, 4) is 0 Å². The number of anilines is 1. The zero-order chi connectivity index (χ0) is 14.5. The number of aliphatic hydroxyl groups excluding tert-OH is 1. The summed E-state index contributed by atoms with van der Waals surface area (Å²) in [5.41, 5.74) is 6.90. The van der Waals surface area contributed by atoms with Gasteiger partial charge in [0.1, 0.15) is 0 Å². The van der Waals surface area contributed by atoms with Gasteiger partial charge in [0.05, 0.1) is 17.6 Å². The largest absolute Gasteiger partial charge is 0.399 e. The maximum Gasteiger partial charge on any atom is 0.240 e. The fraction of sp³-hybridized carbons (Fsp3) is 0.500. The monoisotopic (exact) mass is 288 g/mol. The fourth-order valence-corrected chi connectivity index (χ4v) is 2.67. The zero-order valence-electron chi connectivity index (χ0n) is 11.1. The van der Waals surface area contributed by atoms with Gasteiger partial charge in [-0.3, -0.25) is 0 Å². The SMILES string of the molecule is COCC(O)CCNS(=O)(=O)c1ccc(N)c(C)c1. The lowest BCUT2D eigenvalue weighted by Crippen LogP contribution is -2.28. The van der Waals surface area contributed by atoms with Crippen molar-refractivity contribution in [3.63, 3.8) is 0 Å². The van der Waals surface area contributed by atoms with Gasteiger partial charge in [-0.05, 0) is 37.1 Å². The minimum absolute atomic E-state index is 0.149. The summed E-state index contributed by atoms with van der Waals surface area (Å²) >= 11 is 0. The minimum atomic E-state index is -3.57. The Labute approximate surface area is 113 Å². The summed E-state index contributed by atoms with van der Waals surface area (Å²) in [6, 6.07) is 4.53. The average Bonchev–Trinajstić information content (AvgIpc) is 2.32. The zero-order valence-corrected chi connectivity index (χ0v) is 11.9. The van der Waals surface area contributed by atoms with E-state index in [1.54, 1.807) is 13.0 Å². The molecule has 0 spiro atoms. The molecule has 1 unspecified atom stereocenters. The molecule has 0 radical (unpaired) electrons. The highest BCUT2D eigenvalue weighted by molar-refractivity contribution is 7.89. The van der Waals surface area contributed by atoms with Crippen LogP contribution in [0.2, 0.25) is 0 Å².